The van der Waals surface area contributed by atoms with E-state index in [1.54, 1.807) is 0 Å². The lowest BCUT2D eigenvalue weighted by Gasteiger charge is -2.18. The molecule has 0 aliphatic rings. The number of amides is 2. The molecule has 0 spiro atoms. The maximum atomic E-state index is 12.4. The molecule has 156 valence electrons. The van der Waals surface area contributed by atoms with E-state index < -0.39 is 0 Å². The molecular formula is C24H27N3O2S. The Bertz CT molecular complexity index is 915. The van der Waals surface area contributed by atoms with Crippen LogP contribution in [-0.2, 0) is 16.0 Å². The van der Waals surface area contributed by atoms with Crippen molar-refractivity contribution in [3.8, 4) is 0 Å². The first-order valence-corrected chi connectivity index (χ1v) is 11.0. The molecule has 2 amide bonds. The molecule has 30 heavy (non-hydrogen) atoms. The standard InChI is InChI=1S/C24H27N3O2S/c1-17(2)23(29)27-24-26-20(16-30-24)15-22(28)25-14-13-21(18-9-5-3-6-10-18)19-11-7-4-8-12-19/h3-12,16-17,21H,13-15H2,1-2H3,(H,25,28)(H,26,27,29). The van der Waals surface area contributed by atoms with Crippen LogP contribution < -0.4 is 10.6 Å². The molecule has 0 atom stereocenters. The zero-order chi connectivity index (χ0) is 21.3. The van der Waals surface area contributed by atoms with Crippen LogP contribution in [-0.4, -0.2) is 23.3 Å². The highest BCUT2D eigenvalue weighted by Gasteiger charge is 2.15. The molecule has 0 fully saturated rings. The summed E-state index contributed by atoms with van der Waals surface area (Å²) in [6.45, 7) is 4.24. The van der Waals surface area contributed by atoms with Crippen LogP contribution in [0.4, 0.5) is 5.13 Å². The van der Waals surface area contributed by atoms with Crippen molar-refractivity contribution < 1.29 is 9.59 Å². The quantitative estimate of drug-likeness (QED) is 0.530. The van der Waals surface area contributed by atoms with Crippen LogP contribution in [0.5, 0.6) is 0 Å². The van der Waals surface area contributed by atoms with Crippen LogP contribution in [0.3, 0.4) is 0 Å². The van der Waals surface area contributed by atoms with Gasteiger partial charge in [0.05, 0.1) is 12.1 Å². The van der Waals surface area contributed by atoms with E-state index >= 15 is 0 Å². The topological polar surface area (TPSA) is 71.1 Å². The van der Waals surface area contributed by atoms with E-state index in [-0.39, 0.29) is 30.1 Å². The van der Waals surface area contributed by atoms with Crippen molar-refractivity contribution in [3.63, 3.8) is 0 Å². The summed E-state index contributed by atoms with van der Waals surface area (Å²) in [4.78, 5) is 28.5. The number of benzene rings is 2. The van der Waals surface area contributed by atoms with Gasteiger partial charge in [0.25, 0.3) is 0 Å². The van der Waals surface area contributed by atoms with Gasteiger partial charge in [-0.2, -0.15) is 0 Å². The van der Waals surface area contributed by atoms with E-state index in [2.05, 4.69) is 39.9 Å². The first-order valence-electron chi connectivity index (χ1n) is 10.1. The number of nitrogens with zero attached hydrogens (tertiary/aromatic N) is 1. The Morgan fingerprint density at radius 2 is 1.57 bits per heavy atom. The predicted molar refractivity (Wildman–Crippen MR) is 122 cm³/mol. The van der Waals surface area contributed by atoms with Crippen molar-refractivity contribution in [2.45, 2.75) is 32.6 Å². The van der Waals surface area contributed by atoms with Gasteiger partial charge in [0, 0.05) is 23.8 Å². The first-order chi connectivity index (χ1) is 14.5. The van der Waals surface area contributed by atoms with Gasteiger partial charge in [0.2, 0.25) is 11.8 Å². The lowest BCUT2D eigenvalue weighted by Crippen LogP contribution is -2.27. The normalized spacial score (nSPS) is 10.9. The van der Waals surface area contributed by atoms with Gasteiger partial charge in [-0.15, -0.1) is 11.3 Å². The van der Waals surface area contributed by atoms with Crippen LogP contribution in [0, 0.1) is 5.92 Å². The summed E-state index contributed by atoms with van der Waals surface area (Å²) >= 11 is 1.34. The SMILES string of the molecule is CC(C)C(=O)Nc1nc(CC(=O)NCCC(c2ccccc2)c2ccccc2)cs1. The maximum absolute atomic E-state index is 12.4. The molecule has 5 nitrogen and oxygen atoms in total. The van der Waals surface area contributed by atoms with Gasteiger partial charge in [0.15, 0.2) is 5.13 Å². The molecule has 2 aromatic carbocycles. The fourth-order valence-corrected chi connectivity index (χ4v) is 3.89. The van der Waals surface area contributed by atoms with E-state index in [1.165, 1.54) is 22.5 Å². The van der Waals surface area contributed by atoms with Crippen molar-refractivity contribution in [2.24, 2.45) is 5.92 Å². The highest BCUT2D eigenvalue weighted by molar-refractivity contribution is 7.13. The van der Waals surface area contributed by atoms with E-state index in [1.807, 2.05) is 55.6 Å². The third-order valence-corrected chi connectivity index (χ3v) is 5.61. The molecule has 3 rings (SSSR count). The number of hydrogen-bond donors (Lipinski definition) is 2. The molecule has 0 bridgehead atoms. The highest BCUT2D eigenvalue weighted by atomic mass is 32.1. The number of hydrogen-bond acceptors (Lipinski definition) is 4. The van der Waals surface area contributed by atoms with Gasteiger partial charge in [-0.25, -0.2) is 4.98 Å². The minimum atomic E-state index is -0.108. The fraction of sp³-hybridized carbons (Fsp3) is 0.292. The van der Waals surface area contributed by atoms with Crippen molar-refractivity contribution in [1.82, 2.24) is 10.3 Å². The number of carbonyl (C=O) groups excluding carboxylic acids is 2. The molecular weight excluding hydrogens is 394 g/mol. The molecule has 0 aliphatic carbocycles. The van der Waals surface area contributed by atoms with E-state index in [0.29, 0.717) is 17.4 Å². The van der Waals surface area contributed by atoms with Crippen molar-refractivity contribution in [1.29, 1.82) is 0 Å². The number of aromatic nitrogens is 1. The monoisotopic (exact) mass is 421 g/mol. The molecule has 0 unspecified atom stereocenters. The second-order valence-corrected chi connectivity index (χ2v) is 8.34. The predicted octanol–water partition coefficient (Wildman–Crippen LogP) is 4.62. The Morgan fingerprint density at radius 1 is 0.967 bits per heavy atom. The Hall–Kier alpha value is -2.99. The summed E-state index contributed by atoms with van der Waals surface area (Å²) in [5.74, 6) is -0.0252. The van der Waals surface area contributed by atoms with Gasteiger partial charge >= 0.3 is 0 Å². The van der Waals surface area contributed by atoms with E-state index in [4.69, 9.17) is 0 Å². The molecule has 1 aromatic heterocycles. The van der Waals surface area contributed by atoms with E-state index in [0.717, 1.165) is 6.42 Å². The zero-order valence-corrected chi connectivity index (χ0v) is 18.1. The summed E-state index contributed by atoms with van der Waals surface area (Å²) < 4.78 is 0. The van der Waals surface area contributed by atoms with E-state index in [9.17, 15) is 9.59 Å². The molecule has 3 aromatic rings. The Balaban J connectivity index is 1.54. The van der Waals surface area contributed by atoms with Crippen molar-refractivity contribution in [2.75, 3.05) is 11.9 Å². The summed E-state index contributed by atoms with van der Waals surface area (Å²) in [7, 11) is 0. The van der Waals surface area contributed by atoms with Gasteiger partial charge in [-0.3, -0.25) is 9.59 Å². The fourth-order valence-electron chi connectivity index (χ4n) is 3.17. The molecule has 0 saturated carbocycles. The third-order valence-electron chi connectivity index (χ3n) is 4.81. The second-order valence-electron chi connectivity index (χ2n) is 7.48. The largest absolute Gasteiger partial charge is 0.356 e. The third kappa shape index (κ3) is 6.26. The molecule has 0 saturated heterocycles. The summed E-state index contributed by atoms with van der Waals surface area (Å²) in [5, 5.41) is 8.12. The maximum Gasteiger partial charge on any atom is 0.228 e. The lowest BCUT2D eigenvalue weighted by molar-refractivity contribution is -0.120. The smallest absolute Gasteiger partial charge is 0.228 e. The number of nitrogens with one attached hydrogen (secondary N) is 2. The number of thiazole rings is 1. The van der Waals surface area contributed by atoms with Gasteiger partial charge in [-0.05, 0) is 17.5 Å². The first kappa shape index (κ1) is 21.7. The summed E-state index contributed by atoms with van der Waals surface area (Å²) in [6.07, 6.45) is 1.02. The average Bonchev–Trinajstić information content (AvgIpc) is 3.19. The minimum absolute atomic E-state index is 0.0677. The van der Waals surface area contributed by atoms with Crippen molar-refractivity contribution >= 4 is 28.3 Å². The summed E-state index contributed by atoms with van der Waals surface area (Å²) in [5.41, 5.74) is 3.14. The summed E-state index contributed by atoms with van der Waals surface area (Å²) in [6, 6.07) is 20.7. The van der Waals surface area contributed by atoms with Crippen LogP contribution in [0.25, 0.3) is 0 Å². The second kappa shape index (κ2) is 10.7. The number of carbonyl (C=O) groups is 2. The minimum Gasteiger partial charge on any atom is -0.356 e. The molecule has 0 radical (unpaired) electrons. The Labute approximate surface area is 181 Å². The molecule has 1 heterocycles. The van der Waals surface area contributed by atoms with Crippen LogP contribution in [0.2, 0.25) is 0 Å². The van der Waals surface area contributed by atoms with Gasteiger partial charge in [-0.1, -0.05) is 74.5 Å². The Morgan fingerprint density at radius 3 is 2.13 bits per heavy atom. The van der Waals surface area contributed by atoms with Gasteiger partial charge < -0.3 is 10.6 Å². The van der Waals surface area contributed by atoms with Crippen LogP contribution >= 0.6 is 11.3 Å². The number of rotatable bonds is 9. The average molecular weight is 422 g/mol. The van der Waals surface area contributed by atoms with Crippen molar-refractivity contribution in [3.05, 3.63) is 82.9 Å². The zero-order valence-electron chi connectivity index (χ0n) is 17.3. The molecule has 6 heteroatoms. The Kier molecular flexibility index (Phi) is 7.74. The van der Waals surface area contributed by atoms with Gasteiger partial charge in [0.1, 0.15) is 0 Å². The lowest BCUT2D eigenvalue weighted by atomic mass is 9.88. The number of anilines is 1. The van der Waals surface area contributed by atoms with Crippen LogP contribution in [0.1, 0.15) is 43.0 Å². The molecule has 2 N–H and O–H groups in total. The highest BCUT2D eigenvalue weighted by Crippen LogP contribution is 2.27. The van der Waals surface area contributed by atoms with Crippen LogP contribution in [0.15, 0.2) is 66.0 Å². The molecule has 0 aliphatic heterocycles.